The molecule has 174 valence electrons. The van der Waals surface area contributed by atoms with Crippen LogP contribution < -0.4 is 11.2 Å². The highest BCUT2D eigenvalue weighted by molar-refractivity contribution is 6.06. The van der Waals surface area contributed by atoms with E-state index in [4.69, 9.17) is 0 Å². The lowest BCUT2D eigenvalue weighted by Crippen LogP contribution is -2.41. The van der Waals surface area contributed by atoms with E-state index >= 15 is 0 Å². The second-order valence-corrected chi connectivity index (χ2v) is 8.03. The van der Waals surface area contributed by atoms with E-state index in [-0.39, 0.29) is 35.0 Å². The minimum absolute atomic E-state index is 0.0561. The van der Waals surface area contributed by atoms with Crippen LogP contribution in [0.5, 0.6) is 0 Å². The van der Waals surface area contributed by atoms with Crippen LogP contribution in [0.2, 0.25) is 0 Å². The zero-order chi connectivity index (χ0) is 24.2. The lowest BCUT2D eigenvalue weighted by Gasteiger charge is -2.22. The van der Waals surface area contributed by atoms with Crippen molar-refractivity contribution >= 4 is 28.9 Å². The molecule has 0 unspecified atom stereocenters. The van der Waals surface area contributed by atoms with Gasteiger partial charge in [0.15, 0.2) is 5.65 Å². The molecule has 0 radical (unpaired) electrons. The number of hydrogen-bond donors (Lipinski definition) is 1. The average molecular weight is 448 g/mol. The minimum Gasteiger partial charge on any atom is -0.468 e. The maximum absolute atomic E-state index is 13.4. The first-order chi connectivity index (χ1) is 15.0. The van der Waals surface area contributed by atoms with Crippen LogP contribution in [0, 0.1) is 5.92 Å². The minimum atomic E-state index is -0.785. The van der Waals surface area contributed by atoms with E-state index < -0.39 is 42.2 Å². The Morgan fingerprint density at radius 1 is 1.06 bits per heavy atom. The predicted octanol–water partition coefficient (Wildman–Crippen LogP) is 0.652. The fraction of sp³-hybridized carbons (Fsp3) is 0.524. The van der Waals surface area contributed by atoms with Crippen molar-refractivity contribution in [2.24, 2.45) is 5.92 Å². The molecule has 0 aliphatic heterocycles. The number of hydrogen-bond acceptors (Lipinski definition) is 8. The van der Waals surface area contributed by atoms with E-state index in [9.17, 15) is 24.0 Å². The molecule has 0 aliphatic rings. The zero-order valence-corrected chi connectivity index (χ0v) is 19.1. The van der Waals surface area contributed by atoms with Gasteiger partial charge in [0.25, 0.3) is 11.5 Å². The van der Waals surface area contributed by atoms with Gasteiger partial charge in [-0.1, -0.05) is 27.7 Å². The molecule has 1 amide bonds. The molecule has 0 saturated carbocycles. The first-order valence-electron chi connectivity index (χ1n) is 10.1. The number of ether oxygens (including phenoxy) is 2. The summed E-state index contributed by atoms with van der Waals surface area (Å²) in [6.45, 7) is 6.70. The van der Waals surface area contributed by atoms with E-state index in [1.165, 1.54) is 10.6 Å². The number of nitrogens with one attached hydrogen (secondary N) is 1. The number of aromatic amines is 1. The number of carbonyl (C=O) groups is 3. The van der Waals surface area contributed by atoms with Gasteiger partial charge in [0.2, 0.25) is 0 Å². The number of amides is 1. The maximum Gasteiger partial charge on any atom is 0.330 e. The van der Waals surface area contributed by atoms with E-state index in [1.807, 2.05) is 27.7 Å². The van der Waals surface area contributed by atoms with Crippen molar-refractivity contribution in [3.63, 3.8) is 0 Å². The average Bonchev–Trinajstić information content (AvgIpc) is 2.74. The third-order valence-corrected chi connectivity index (χ3v) is 4.72. The smallest absolute Gasteiger partial charge is 0.330 e. The SMILES string of the molecule is COC(=O)CN(CC(=O)OC)C(=O)c1cc(C(C)C)nc2c1c(=O)[nH]c(=O)n2CC(C)C. The molecule has 0 saturated heterocycles. The van der Waals surface area contributed by atoms with Crippen LogP contribution in [0.15, 0.2) is 15.7 Å². The number of pyridine rings is 1. The number of fused-ring (bicyclic) bond motifs is 1. The number of esters is 2. The first kappa shape index (κ1) is 24.8. The van der Waals surface area contributed by atoms with Gasteiger partial charge >= 0.3 is 17.6 Å². The van der Waals surface area contributed by atoms with Crippen molar-refractivity contribution in [1.82, 2.24) is 19.4 Å². The second-order valence-electron chi connectivity index (χ2n) is 8.03. The van der Waals surface area contributed by atoms with Crippen LogP contribution in [-0.4, -0.2) is 64.6 Å². The van der Waals surface area contributed by atoms with Gasteiger partial charge in [0, 0.05) is 12.2 Å². The number of H-pyrrole nitrogens is 1. The Labute approximate surface area is 184 Å². The molecule has 11 nitrogen and oxygen atoms in total. The van der Waals surface area contributed by atoms with Gasteiger partial charge < -0.3 is 14.4 Å². The number of nitrogens with zero attached hydrogens (tertiary/aromatic N) is 3. The fourth-order valence-electron chi connectivity index (χ4n) is 3.10. The zero-order valence-electron chi connectivity index (χ0n) is 19.1. The Bertz CT molecular complexity index is 1130. The largest absolute Gasteiger partial charge is 0.468 e. The summed E-state index contributed by atoms with van der Waals surface area (Å²) in [6, 6.07) is 1.44. The third-order valence-electron chi connectivity index (χ3n) is 4.72. The van der Waals surface area contributed by atoms with Gasteiger partial charge in [-0.05, 0) is 17.9 Å². The van der Waals surface area contributed by atoms with Crippen molar-refractivity contribution in [2.75, 3.05) is 27.3 Å². The molecule has 0 spiro atoms. The van der Waals surface area contributed by atoms with E-state index in [2.05, 4.69) is 19.4 Å². The molecular weight excluding hydrogens is 420 g/mol. The maximum atomic E-state index is 13.4. The molecule has 2 aromatic rings. The Balaban J connectivity index is 2.83. The van der Waals surface area contributed by atoms with Crippen molar-refractivity contribution in [2.45, 2.75) is 40.2 Å². The second kappa shape index (κ2) is 10.2. The summed E-state index contributed by atoms with van der Waals surface area (Å²) in [7, 11) is 2.30. The molecule has 1 N–H and O–H groups in total. The lowest BCUT2D eigenvalue weighted by molar-refractivity contribution is -0.144. The van der Waals surface area contributed by atoms with Gasteiger partial charge in [0.1, 0.15) is 13.1 Å². The van der Waals surface area contributed by atoms with E-state index in [0.29, 0.717) is 5.69 Å². The molecule has 0 aliphatic carbocycles. The van der Waals surface area contributed by atoms with Gasteiger partial charge in [-0.25, -0.2) is 9.78 Å². The highest BCUT2D eigenvalue weighted by Crippen LogP contribution is 2.21. The van der Waals surface area contributed by atoms with Crippen LogP contribution in [0.1, 0.15) is 49.7 Å². The molecule has 0 bridgehead atoms. The van der Waals surface area contributed by atoms with Gasteiger partial charge in [0.05, 0.1) is 25.2 Å². The Hall–Kier alpha value is -3.50. The number of aromatic nitrogens is 3. The highest BCUT2D eigenvalue weighted by atomic mass is 16.5. The van der Waals surface area contributed by atoms with Crippen LogP contribution >= 0.6 is 0 Å². The van der Waals surface area contributed by atoms with Crippen LogP contribution in [0.4, 0.5) is 0 Å². The summed E-state index contributed by atoms with van der Waals surface area (Å²) in [4.78, 5) is 70.1. The molecule has 2 aromatic heterocycles. The summed E-state index contributed by atoms with van der Waals surface area (Å²) >= 11 is 0. The fourth-order valence-corrected chi connectivity index (χ4v) is 3.10. The topological polar surface area (TPSA) is 141 Å². The quantitative estimate of drug-likeness (QED) is 0.581. The first-order valence-corrected chi connectivity index (χ1v) is 10.1. The molecule has 0 atom stereocenters. The summed E-state index contributed by atoms with van der Waals surface area (Å²) in [5.41, 5.74) is -0.959. The molecule has 0 fully saturated rings. The van der Waals surface area contributed by atoms with Crippen molar-refractivity contribution in [3.05, 3.63) is 38.2 Å². The van der Waals surface area contributed by atoms with Crippen molar-refractivity contribution < 1.29 is 23.9 Å². The summed E-state index contributed by atoms with van der Waals surface area (Å²) in [6.07, 6.45) is 0. The molecule has 2 rings (SSSR count). The monoisotopic (exact) mass is 448 g/mol. The molecular formula is C21H28N4O7. The molecule has 32 heavy (non-hydrogen) atoms. The lowest BCUT2D eigenvalue weighted by atomic mass is 10.0. The van der Waals surface area contributed by atoms with E-state index in [0.717, 1.165) is 19.1 Å². The Morgan fingerprint density at radius 2 is 1.62 bits per heavy atom. The van der Waals surface area contributed by atoms with Crippen LogP contribution in [0.3, 0.4) is 0 Å². The predicted molar refractivity (Wildman–Crippen MR) is 115 cm³/mol. The molecule has 11 heteroatoms. The molecule has 2 heterocycles. The summed E-state index contributed by atoms with van der Waals surface area (Å²) < 4.78 is 10.6. The Kier molecular flexibility index (Phi) is 7.90. The summed E-state index contributed by atoms with van der Waals surface area (Å²) in [5, 5.41) is -0.0978. The highest BCUT2D eigenvalue weighted by Gasteiger charge is 2.27. The van der Waals surface area contributed by atoms with E-state index in [1.54, 1.807) is 0 Å². The normalized spacial score (nSPS) is 11.1. The molecule has 0 aromatic carbocycles. The summed E-state index contributed by atoms with van der Waals surface area (Å²) in [5.74, 6) is -2.36. The standard InChI is InChI=1S/C21H28N4O7/c1-11(2)8-25-18-17(19(28)23-21(25)30)13(7-14(22-18)12(3)4)20(29)24(9-15(26)31-5)10-16(27)32-6/h7,11-12H,8-10H2,1-6H3,(H,23,28,30). The Morgan fingerprint density at radius 3 is 2.09 bits per heavy atom. The number of carbonyl (C=O) groups excluding carboxylic acids is 3. The van der Waals surface area contributed by atoms with Gasteiger partial charge in [-0.3, -0.25) is 28.7 Å². The third kappa shape index (κ3) is 5.40. The number of rotatable bonds is 8. The number of methoxy groups -OCH3 is 2. The van der Waals surface area contributed by atoms with Crippen LogP contribution in [-0.2, 0) is 25.6 Å². The van der Waals surface area contributed by atoms with Crippen molar-refractivity contribution in [1.29, 1.82) is 0 Å². The van der Waals surface area contributed by atoms with Crippen molar-refractivity contribution in [3.8, 4) is 0 Å². The van der Waals surface area contributed by atoms with Gasteiger partial charge in [-0.2, -0.15) is 0 Å². The van der Waals surface area contributed by atoms with Crippen LogP contribution in [0.25, 0.3) is 11.0 Å². The van der Waals surface area contributed by atoms with Gasteiger partial charge in [-0.15, -0.1) is 0 Å².